The molecule has 0 bridgehead atoms. The van der Waals surface area contributed by atoms with E-state index in [0.717, 1.165) is 22.8 Å². The number of benzene rings is 1. The summed E-state index contributed by atoms with van der Waals surface area (Å²) < 4.78 is 2.05. The number of aromatic nitrogens is 2. The van der Waals surface area contributed by atoms with Gasteiger partial charge in [-0.15, -0.1) is 0 Å². The van der Waals surface area contributed by atoms with Crippen LogP contribution in [0.15, 0.2) is 24.3 Å². The van der Waals surface area contributed by atoms with Gasteiger partial charge in [-0.1, -0.05) is 12.1 Å². The maximum atomic E-state index is 9.05. The summed E-state index contributed by atoms with van der Waals surface area (Å²) in [7, 11) is 6.05. The second-order valence-corrected chi connectivity index (χ2v) is 4.94. The van der Waals surface area contributed by atoms with Crippen LogP contribution in [-0.4, -0.2) is 35.4 Å². The summed E-state index contributed by atoms with van der Waals surface area (Å²) in [5, 5.41) is 9.05. The van der Waals surface area contributed by atoms with Gasteiger partial charge in [-0.25, -0.2) is 4.98 Å². The van der Waals surface area contributed by atoms with E-state index in [0.29, 0.717) is 6.42 Å². The molecule has 0 saturated heterocycles. The first-order valence-electron chi connectivity index (χ1n) is 6.45. The molecule has 0 saturated carbocycles. The van der Waals surface area contributed by atoms with Gasteiger partial charge in [-0.3, -0.25) is 0 Å². The van der Waals surface area contributed by atoms with Crippen molar-refractivity contribution in [3.05, 3.63) is 35.8 Å². The van der Waals surface area contributed by atoms with Crippen molar-refractivity contribution in [3.8, 4) is 11.3 Å². The molecule has 0 radical (unpaired) electrons. The van der Waals surface area contributed by atoms with Gasteiger partial charge in [-0.2, -0.15) is 0 Å². The minimum Gasteiger partial charge on any atom is -0.396 e. The fraction of sp³-hybridized carbons (Fsp3) is 0.400. The van der Waals surface area contributed by atoms with Crippen LogP contribution in [0, 0.1) is 6.92 Å². The second kappa shape index (κ2) is 5.45. The monoisotopic (exact) mass is 259 g/mol. The molecule has 0 spiro atoms. The van der Waals surface area contributed by atoms with Gasteiger partial charge in [0.25, 0.3) is 0 Å². The fourth-order valence-corrected chi connectivity index (χ4v) is 2.15. The third-order valence-corrected chi connectivity index (χ3v) is 3.47. The van der Waals surface area contributed by atoms with E-state index in [4.69, 9.17) is 5.11 Å². The number of hydrogen-bond donors (Lipinski definition) is 1. The van der Waals surface area contributed by atoms with Crippen molar-refractivity contribution in [1.82, 2.24) is 9.55 Å². The number of aliphatic hydroxyl groups is 1. The average Bonchev–Trinajstić information content (AvgIpc) is 2.68. The predicted molar refractivity (Wildman–Crippen MR) is 78.5 cm³/mol. The van der Waals surface area contributed by atoms with Gasteiger partial charge < -0.3 is 14.6 Å². The Kier molecular flexibility index (Phi) is 3.90. The summed E-state index contributed by atoms with van der Waals surface area (Å²) >= 11 is 0. The lowest BCUT2D eigenvalue weighted by molar-refractivity contribution is 0.295. The molecule has 1 aromatic heterocycles. The molecule has 0 aliphatic rings. The smallest absolute Gasteiger partial charge is 0.111 e. The molecule has 4 heteroatoms. The summed E-state index contributed by atoms with van der Waals surface area (Å²) in [6.45, 7) is 2.19. The average molecular weight is 259 g/mol. The molecule has 19 heavy (non-hydrogen) atoms. The normalized spacial score (nSPS) is 10.8. The van der Waals surface area contributed by atoms with Crippen LogP contribution in [0.1, 0.15) is 11.5 Å². The standard InChI is InChI=1S/C15H21N3O/c1-11-15(16-14(9-10-19)18(11)4)12-5-7-13(8-6-12)17(2)3/h5-8,19H,9-10H2,1-4H3. The maximum Gasteiger partial charge on any atom is 0.111 e. The molecule has 1 N–H and O–H groups in total. The molecular formula is C15H21N3O. The third-order valence-electron chi connectivity index (χ3n) is 3.47. The number of aliphatic hydroxyl groups excluding tert-OH is 1. The van der Waals surface area contributed by atoms with Crippen molar-refractivity contribution in [1.29, 1.82) is 0 Å². The summed E-state index contributed by atoms with van der Waals surface area (Å²) in [6, 6.07) is 8.37. The van der Waals surface area contributed by atoms with Crippen LogP contribution < -0.4 is 4.90 Å². The zero-order valence-electron chi connectivity index (χ0n) is 12.0. The quantitative estimate of drug-likeness (QED) is 0.913. The third kappa shape index (κ3) is 2.63. The lowest BCUT2D eigenvalue weighted by atomic mass is 10.1. The topological polar surface area (TPSA) is 41.3 Å². The van der Waals surface area contributed by atoms with E-state index in [1.807, 2.05) is 25.7 Å². The van der Waals surface area contributed by atoms with E-state index in [1.165, 1.54) is 5.69 Å². The molecule has 0 amide bonds. The molecule has 0 fully saturated rings. The Labute approximate surface area is 114 Å². The van der Waals surface area contributed by atoms with Gasteiger partial charge >= 0.3 is 0 Å². The van der Waals surface area contributed by atoms with Crippen molar-refractivity contribution in [2.75, 3.05) is 25.6 Å². The van der Waals surface area contributed by atoms with E-state index in [1.54, 1.807) is 0 Å². The fourth-order valence-electron chi connectivity index (χ4n) is 2.15. The van der Waals surface area contributed by atoms with E-state index in [2.05, 4.69) is 41.1 Å². The Hall–Kier alpha value is -1.81. The Morgan fingerprint density at radius 3 is 2.37 bits per heavy atom. The molecule has 2 rings (SSSR count). The van der Waals surface area contributed by atoms with E-state index in [9.17, 15) is 0 Å². The predicted octanol–water partition coefficient (Wildman–Crippen LogP) is 2.00. The molecule has 0 atom stereocenters. The molecule has 0 aliphatic heterocycles. The maximum absolute atomic E-state index is 9.05. The summed E-state index contributed by atoms with van der Waals surface area (Å²) in [5.41, 5.74) is 4.41. The first kappa shape index (κ1) is 13.6. The molecule has 102 valence electrons. The van der Waals surface area contributed by atoms with Crippen LogP contribution in [0.25, 0.3) is 11.3 Å². The minimum absolute atomic E-state index is 0.128. The number of rotatable bonds is 4. The van der Waals surface area contributed by atoms with Crippen LogP contribution in [-0.2, 0) is 13.5 Å². The van der Waals surface area contributed by atoms with Crippen LogP contribution >= 0.6 is 0 Å². The first-order chi connectivity index (χ1) is 9.04. The Morgan fingerprint density at radius 1 is 1.21 bits per heavy atom. The molecule has 0 unspecified atom stereocenters. The zero-order chi connectivity index (χ0) is 14.0. The number of anilines is 1. The Balaban J connectivity index is 2.38. The summed E-state index contributed by atoms with van der Waals surface area (Å²) in [4.78, 5) is 6.71. The number of hydrogen-bond acceptors (Lipinski definition) is 3. The molecular weight excluding hydrogens is 238 g/mol. The Morgan fingerprint density at radius 2 is 1.84 bits per heavy atom. The number of imidazole rings is 1. The summed E-state index contributed by atoms with van der Waals surface area (Å²) in [6.07, 6.45) is 0.590. The van der Waals surface area contributed by atoms with Crippen molar-refractivity contribution in [2.45, 2.75) is 13.3 Å². The van der Waals surface area contributed by atoms with Crippen LogP contribution in [0.3, 0.4) is 0 Å². The van der Waals surface area contributed by atoms with Gasteiger partial charge in [0.15, 0.2) is 0 Å². The largest absolute Gasteiger partial charge is 0.396 e. The molecule has 4 nitrogen and oxygen atoms in total. The van der Waals surface area contributed by atoms with Crippen molar-refractivity contribution in [3.63, 3.8) is 0 Å². The lowest BCUT2D eigenvalue weighted by Gasteiger charge is -2.12. The molecule has 2 aromatic rings. The number of nitrogens with zero attached hydrogens (tertiary/aromatic N) is 3. The van der Waals surface area contributed by atoms with Crippen LogP contribution in [0.5, 0.6) is 0 Å². The highest BCUT2D eigenvalue weighted by Crippen LogP contribution is 2.25. The van der Waals surface area contributed by atoms with Crippen LogP contribution in [0.4, 0.5) is 5.69 Å². The lowest BCUT2D eigenvalue weighted by Crippen LogP contribution is -2.07. The SMILES string of the molecule is Cc1c(-c2ccc(N(C)C)cc2)nc(CCO)n1C. The highest BCUT2D eigenvalue weighted by Gasteiger charge is 2.12. The molecule has 0 aliphatic carbocycles. The molecule has 1 aromatic carbocycles. The first-order valence-corrected chi connectivity index (χ1v) is 6.45. The highest BCUT2D eigenvalue weighted by molar-refractivity contribution is 5.65. The Bertz CT molecular complexity index is 556. The van der Waals surface area contributed by atoms with Crippen molar-refractivity contribution < 1.29 is 5.11 Å². The zero-order valence-corrected chi connectivity index (χ0v) is 12.0. The van der Waals surface area contributed by atoms with Gasteiger partial charge in [0.2, 0.25) is 0 Å². The van der Waals surface area contributed by atoms with E-state index < -0.39 is 0 Å². The van der Waals surface area contributed by atoms with Crippen molar-refractivity contribution >= 4 is 5.69 Å². The van der Waals surface area contributed by atoms with Gasteiger partial charge in [0.05, 0.1) is 12.3 Å². The second-order valence-electron chi connectivity index (χ2n) is 4.94. The van der Waals surface area contributed by atoms with Gasteiger partial charge in [-0.05, 0) is 19.1 Å². The van der Waals surface area contributed by atoms with E-state index >= 15 is 0 Å². The van der Waals surface area contributed by atoms with E-state index in [-0.39, 0.29) is 6.61 Å². The van der Waals surface area contributed by atoms with Gasteiger partial charge in [0.1, 0.15) is 5.82 Å². The summed E-state index contributed by atoms with van der Waals surface area (Å²) in [5.74, 6) is 0.923. The highest BCUT2D eigenvalue weighted by atomic mass is 16.3. The molecule has 1 heterocycles. The van der Waals surface area contributed by atoms with Gasteiger partial charge in [0, 0.05) is 44.5 Å². The van der Waals surface area contributed by atoms with Crippen molar-refractivity contribution in [2.24, 2.45) is 7.05 Å². The van der Waals surface area contributed by atoms with Crippen LogP contribution in [0.2, 0.25) is 0 Å². The minimum atomic E-state index is 0.128.